The van der Waals surface area contributed by atoms with Gasteiger partial charge in [-0.1, -0.05) is 37.6 Å². The average Bonchev–Trinajstić information content (AvgIpc) is 2.42. The second-order valence-corrected chi connectivity index (χ2v) is 7.21. The standard InChI is InChI=1S/C19H32N2/c1-13-7-8-18(16(4)9-13)19(20-6)12-21-11-14(2)10-15(3)17(21)5/h7-9,14-15,17,19-20H,10-12H2,1-6H3. The van der Waals surface area contributed by atoms with Crippen LogP contribution in [0.1, 0.15) is 49.9 Å². The van der Waals surface area contributed by atoms with Gasteiger partial charge in [-0.25, -0.2) is 0 Å². The van der Waals surface area contributed by atoms with Gasteiger partial charge in [0, 0.05) is 25.2 Å². The van der Waals surface area contributed by atoms with Crippen LogP contribution in [0.25, 0.3) is 0 Å². The molecule has 1 saturated heterocycles. The summed E-state index contributed by atoms with van der Waals surface area (Å²) in [6, 6.07) is 7.93. The van der Waals surface area contributed by atoms with Gasteiger partial charge in [-0.3, -0.25) is 4.90 Å². The molecule has 0 aromatic heterocycles. The lowest BCUT2D eigenvalue weighted by Gasteiger charge is -2.42. The number of benzene rings is 1. The van der Waals surface area contributed by atoms with E-state index in [-0.39, 0.29) is 0 Å². The Bertz CT molecular complexity index is 469. The smallest absolute Gasteiger partial charge is 0.0449 e. The molecule has 0 radical (unpaired) electrons. The number of likely N-dealkylation sites (N-methyl/N-ethyl adjacent to an activating group) is 1. The number of nitrogens with zero attached hydrogens (tertiary/aromatic N) is 1. The van der Waals surface area contributed by atoms with E-state index in [9.17, 15) is 0 Å². The maximum Gasteiger partial charge on any atom is 0.0449 e. The van der Waals surface area contributed by atoms with Crippen LogP contribution in [-0.4, -0.2) is 31.1 Å². The van der Waals surface area contributed by atoms with Gasteiger partial charge in [-0.15, -0.1) is 0 Å². The SMILES string of the molecule is CNC(CN1CC(C)CC(C)C1C)c1ccc(C)cc1C. The van der Waals surface area contributed by atoms with Gasteiger partial charge in [-0.05, 0) is 57.2 Å². The number of aryl methyl sites for hydroxylation is 2. The highest BCUT2D eigenvalue weighted by atomic mass is 15.2. The molecule has 4 unspecified atom stereocenters. The van der Waals surface area contributed by atoms with Crippen molar-refractivity contribution in [1.29, 1.82) is 0 Å². The van der Waals surface area contributed by atoms with Crippen molar-refractivity contribution in [3.8, 4) is 0 Å². The third-order valence-corrected chi connectivity index (χ3v) is 5.29. The Morgan fingerprint density at radius 1 is 1.24 bits per heavy atom. The fraction of sp³-hybridized carbons (Fsp3) is 0.684. The summed E-state index contributed by atoms with van der Waals surface area (Å²) >= 11 is 0. The van der Waals surface area contributed by atoms with Gasteiger partial charge >= 0.3 is 0 Å². The van der Waals surface area contributed by atoms with Crippen molar-refractivity contribution < 1.29 is 0 Å². The van der Waals surface area contributed by atoms with Gasteiger partial charge < -0.3 is 5.32 Å². The molecule has 1 heterocycles. The van der Waals surface area contributed by atoms with Crippen molar-refractivity contribution >= 4 is 0 Å². The molecule has 0 amide bonds. The molecule has 21 heavy (non-hydrogen) atoms. The highest BCUT2D eigenvalue weighted by Crippen LogP contribution is 2.29. The van der Waals surface area contributed by atoms with Crippen molar-refractivity contribution in [2.24, 2.45) is 11.8 Å². The summed E-state index contributed by atoms with van der Waals surface area (Å²) in [7, 11) is 2.09. The molecule has 0 spiro atoms. The predicted molar refractivity (Wildman–Crippen MR) is 91.7 cm³/mol. The maximum atomic E-state index is 3.53. The molecule has 0 bridgehead atoms. The van der Waals surface area contributed by atoms with E-state index in [1.807, 2.05) is 0 Å². The summed E-state index contributed by atoms with van der Waals surface area (Å²) in [6.45, 7) is 13.9. The zero-order valence-electron chi connectivity index (χ0n) is 14.6. The van der Waals surface area contributed by atoms with E-state index in [1.165, 1.54) is 29.7 Å². The Morgan fingerprint density at radius 3 is 2.57 bits per heavy atom. The molecule has 1 aliphatic rings. The Labute approximate surface area is 130 Å². The quantitative estimate of drug-likeness (QED) is 0.903. The fourth-order valence-electron chi connectivity index (χ4n) is 3.87. The van der Waals surface area contributed by atoms with Crippen LogP contribution >= 0.6 is 0 Å². The van der Waals surface area contributed by atoms with Crippen LogP contribution < -0.4 is 5.32 Å². The Hall–Kier alpha value is -0.860. The average molecular weight is 288 g/mol. The molecule has 0 saturated carbocycles. The van der Waals surface area contributed by atoms with Crippen LogP contribution in [0.3, 0.4) is 0 Å². The minimum Gasteiger partial charge on any atom is -0.312 e. The van der Waals surface area contributed by atoms with Crippen LogP contribution in [0, 0.1) is 25.7 Å². The van der Waals surface area contributed by atoms with Crippen LogP contribution in [0.4, 0.5) is 0 Å². The fourth-order valence-corrected chi connectivity index (χ4v) is 3.87. The van der Waals surface area contributed by atoms with Gasteiger partial charge in [-0.2, -0.15) is 0 Å². The first-order valence-electron chi connectivity index (χ1n) is 8.40. The first kappa shape index (κ1) is 16.5. The minimum atomic E-state index is 0.422. The largest absolute Gasteiger partial charge is 0.312 e. The molecule has 2 rings (SSSR count). The molecule has 118 valence electrons. The lowest BCUT2D eigenvalue weighted by molar-refractivity contribution is 0.0710. The molecule has 1 N–H and O–H groups in total. The Kier molecular flexibility index (Phi) is 5.45. The van der Waals surface area contributed by atoms with Gasteiger partial charge in [0.2, 0.25) is 0 Å². The summed E-state index contributed by atoms with van der Waals surface area (Å²) in [5.74, 6) is 1.61. The molecule has 1 aliphatic heterocycles. The normalized spacial score (nSPS) is 28.6. The number of rotatable bonds is 4. The number of hydrogen-bond donors (Lipinski definition) is 1. The summed E-state index contributed by atoms with van der Waals surface area (Å²) < 4.78 is 0. The minimum absolute atomic E-state index is 0.422. The van der Waals surface area contributed by atoms with Crippen LogP contribution in [0.5, 0.6) is 0 Å². The highest BCUT2D eigenvalue weighted by molar-refractivity contribution is 5.33. The number of nitrogens with one attached hydrogen (secondary N) is 1. The van der Waals surface area contributed by atoms with E-state index in [0.717, 1.165) is 18.4 Å². The first-order chi connectivity index (χ1) is 9.92. The predicted octanol–water partition coefficient (Wildman–Crippen LogP) is 3.93. The molecule has 2 heteroatoms. The van der Waals surface area contributed by atoms with Crippen molar-refractivity contribution in [3.63, 3.8) is 0 Å². The third-order valence-electron chi connectivity index (χ3n) is 5.29. The van der Waals surface area contributed by atoms with Gasteiger partial charge in [0.15, 0.2) is 0 Å². The molecular weight excluding hydrogens is 256 g/mol. The first-order valence-corrected chi connectivity index (χ1v) is 8.40. The summed E-state index contributed by atoms with van der Waals surface area (Å²) in [4.78, 5) is 2.68. The van der Waals surface area contributed by atoms with Gasteiger partial charge in [0.1, 0.15) is 0 Å². The number of piperidine rings is 1. The monoisotopic (exact) mass is 288 g/mol. The summed E-state index contributed by atoms with van der Waals surface area (Å²) in [6.07, 6.45) is 1.37. The number of likely N-dealkylation sites (tertiary alicyclic amines) is 1. The van der Waals surface area contributed by atoms with Crippen molar-refractivity contribution in [2.75, 3.05) is 20.1 Å². The van der Waals surface area contributed by atoms with Crippen LogP contribution in [0.2, 0.25) is 0 Å². The van der Waals surface area contributed by atoms with Crippen LogP contribution in [0.15, 0.2) is 18.2 Å². The topological polar surface area (TPSA) is 15.3 Å². The molecule has 0 aliphatic carbocycles. The third kappa shape index (κ3) is 3.87. The number of hydrogen-bond acceptors (Lipinski definition) is 2. The highest BCUT2D eigenvalue weighted by Gasteiger charge is 2.30. The molecule has 4 atom stereocenters. The zero-order chi connectivity index (χ0) is 15.6. The van der Waals surface area contributed by atoms with E-state index >= 15 is 0 Å². The molecular formula is C19H32N2. The van der Waals surface area contributed by atoms with E-state index in [2.05, 4.69) is 70.1 Å². The second kappa shape index (κ2) is 6.93. The molecule has 1 aromatic rings. The van der Waals surface area contributed by atoms with E-state index in [0.29, 0.717) is 12.1 Å². The lowest BCUT2D eigenvalue weighted by atomic mass is 9.85. The van der Waals surface area contributed by atoms with Crippen LogP contribution in [-0.2, 0) is 0 Å². The molecule has 2 nitrogen and oxygen atoms in total. The maximum absolute atomic E-state index is 3.53. The van der Waals surface area contributed by atoms with E-state index < -0.39 is 0 Å². The Morgan fingerprint density at radius 2 is 1.95 bits per heavy atom. The van der Waals surface area contributed by atoms with E-state index in [4.69, 9.17) is 0 Å². The molecule has 1 fully saturated rings. The van der Waals surface area contributed by atoms with Crippen molar-refractivity contribution in [2.45, 2.75) is 53.1 Å². The lowest BCUT2D eigenvalue weighted by Crippen LogP contribution is -2.48. The molecule has 1 aromatic carbocycles. The van der Waals surface area contributed by atoms with Crippen molar-refractivity contribution in [3.05, 3.63) is 34.9 Å². The van der Waals surface area contributed by atoms with E-state index in [1.54, 1.807) is 0 Å². The van der Waals surface area contributed by atoms with Gasteiger partial charge in [0.05, 0.1) is 0 Å². The summed E-state index contributed by atoms with van der Waals surface area (Å²) in [5, 5.41) is 3.53. The second-order valence-electron chi connectivity index (χ2n) is 7.21. The summed E-state index contributed by atoms with van der Waals surface area (Å²) in [5.41, 5.74) is 4.20. The Balaban J connectivity index is 2.14. The zero-order valence-corrected chi connectivity index (χ0v) is 14.6. The van der Waals surface area contributed by atoms with Gasteiger partial charge in [0.25, 0.3) is 0 Å². The van der Waals surface area contributed by atoms with Crippen molar-refractivity contribution in [1.82, 2.24) is 10.2 Å².